The van der Waals surface area contributed by atoms with Crippen LogP contribution in [0.15, 0.2) is 0 Å². The van der Waals surface area contributed by atoms with E-state index in [1.165, 1.54) is 37.7 Å². The molecule has 6 heteroatoms. The van der Waals surface area contributed by atoms with Gasteiger partial charge < -0.3 is 14.8 Å². The van der Waals surface area contributed by atoms with Gasteiger partial charge in [0.2, 0.25) is 5.88 Å². The summed E-state index contributed by atoms with van der Waals surface area (Å²) in [5.74, 6) is 0.865. The zero-order valence-electron chi connectivity index (χ0n) is 15.4. The minimum atomic E-state index is 0.297. The van der Waals surface area contributed by atoms with Crippen LogP contribution >= 0.6 is 0 Å². The fourth-order valence-electron chi connectivity index (χ4n) is 4.41. The first-order chi connectivity index (χ1) is 11.7. The van der Waals surface area contributed by atoms with Gasteiger partial charge in [-0.25, -0.2) is 4.68 Å². The Morgan fingerprint density at radius 3 is 2.58 bits per heavy atom. The van der Waals surface area contributed by atoms with Crippen molar-refractivity contribution in [3.63, 3.8) is 0 Å². The number of aromatic nitrogens is 2. The molecule has 0 aromatic carbocycles. The van der Waals surface area contributed by atoms with Crippen LogP contribution in [-0.4, -0.2) is 60.2 Å². The molecule has 1 aromatic rings. The van der Waals surface area contributed by atoms with E-state index in [2.05, 4.69) is 22.2 Å². The van der Waals surface area contributed by atoms with E-state index < -0.39 is 0 Å². The van der Waals surface area contributed by atoms with Crippen molar-refractivity contribution in [3.8, 4) is 5.88 Å². The van der Waals surface area contributed by atoms with Crippen LogP contribution in [0.1, 0.15) is 43.4 Å². The number of aryl methyl sites for hydroxylation is 2. The molecule has 136 valence electrons. The number of morpholine rings is 1. The lowest BCUT2D eigenvalue weighted by Gasteiger charge is -2.48. The Kier molecular flexibility index (Phi) is 5.79. The van der Waals surface area contributed by atoms with Gasteiger partial charge in [-0.15, -0.1) is 0 Å². The highest BCUT2D eigenvalue weighted by molar-refractivity contribution is 5.30. The van der Waals surface area contributed by atoms with Gasteiger partial charge in [0.25, 0.3) is 0 Å². The summed E-state index contributed by atoms with van der Waals surface area (Å²) in [6, 6.07) is 0. The molecule has 0 bridgehead atoms. The standard InChI is InChI=1S/C18H32N4O2/c1-15-16(17(23-3)21(2)20-15)13-19-14-18(7-5-4-6-8-18)22-9-11-24-12-10-22/h19H,4-14H2,1-3H3. The lowest BCUT2D eigenvalue weighted by molar-refractivity contribution is -0.0369. The van der Waals surface area contributed by atoms with Crippen LogP contribution < -0.4 is 10.1 Å². The average Bonchev–Trinajstić information content (AvgIpc) is 2.89. The molecule has 0 atom stereocenters. The summed E-state index contributed by atoms with van der Waals surface area (Å²) in [4.78, 5) is 2.68. The van der Waals surface area contributed by atoms with Gasteiger partial charge in [-0.2, -0.15) is 5.10 Å². The molecule has 0 unspecified atom stereocenters. The fraction of sp³-hybridized carbons (Fsp3) is 0.833. The molecule has 1 saturated carbocycles. The van der Waals surface area contributed by atoms with Crippen LogP contribution in [0, 0.1) is 6.92 Å². The summed E-state index contributed by atoms with van der Waals surface area (Å²) in [5, 5.41) is 8.20. The van der Waals surface area contributed by atoms with E-state index in [0.29, 0.717) is 5.54 Å². The third-order valence-corrected chi connectivity index (χ3v) is 5.70. The largest absolute Gasteiger partial charge is 0.481 e. The third kappa shape index (κ3) is 3.60. The second-order valence-corrected chi connectivity index (χ2v) is 7.18. The molecule has 0 amide bonds. The number of rotatable bonds is 6. The van der Waals surface area contributed by atoms with Crippen molar-refractivity contribution in [2.45, 2.75) is 51.1 Å². The topological polar surface area (TPSA) is 51.6 Å². The smallest absolute Gasteiger partial charge is 0.216 e. The van der Waals surface area contributed by atoms with Crippen molar-refractivity contribution in [2.75, 3.05) is 40.0 Å². The van der Waals surface area contributed by atoms with E-state index in [1.807, 2.05) is 11.7 Å². The van der Waals surface area contributed by atoms with Gasteiger partial charge in [0.05, 0.1) is 31.6 Å². The second kappa shape index (κ2) is 7.85. The van der Waals surface area contributed by atoms with E-state index >= 15 is 0 Å². The van der Waals surface area contributed by atoms with Gasteiger partial charge in [-0.1, -0.05) is 19.3 Å². The quantitative estimate of drug-likeness (QED) is 0.859. The van der Waals surface area contributed by atoms with Crippen molar-refractivity contribution in [1.29, 1.82) is 0 Å². The number of hydrogen-bond donors (Lipinski definition) is 1. The summed E-state index contributed by atoms with van der Waals surface area (Å²) in [6.45, 7) is 7.78. The van der Waals surface area contributed by atoms with Crippen LogP contribution in [-0.2, 0) is 18.3 Å². The van der Waals surface area contributed by atoms with Gasteiger partial charge in [-0.3, -0.25) is 4.90 Å². The monoisotopic (exact) mass is 336 g/mol. The molecule has 1 aliphatic heterocycles. The highest BCUT2D eigenvalue weighted by atomic mass is 16.5. The number of nitrogens with one attached hydrogen (secondary N) is 1. The Labute approximate surface area is 145 Å². The molecule has 2 aliphatic rings. The van der Waals surface area contributed by atoms with E-state index in [0.717, 1.165) is 51.0 Å². The maximum absolute atomic E-state index is 5.57. The lowest BCUT2D eigenvalue weighted by atomic mass is 9.79. The summed E-state index contributed by atoms with van der Waals surface area (Å²) in [7, 11) is 3.65. The Morgan fingerprint density at radius 2 is 1.92 bits per heavy atom. The number of ether oxygens (including phenoxy) is 2. The van der Waals surface area contributed by atoms with Gasteiger partial charge in [0, 0.05) is 38.8 Å². The lowest BCUT2D eigenvalue weighted by Crippen LogP contribution is -2.59. The van der Waals surface area contributed by atoms with Crippen molar-refractivity contribution in [1.82, 2.24) is 20.0 Å². The zero-order valence-corrected chi connectivity index (χ0v) is 15.4. The summed E-state index contributed by atoms with van der Waals surface area (Å²) >= 11 is 0. The van der Waals surface area contributed by atoms with Crippen LogP contribution in [0.4, 0.5) is 0 Å². The predicted octanol–water partition coefficient (Wildman–Crippen LogP) is 1.86. The Hall–Kier alpha value is -1.11. The maximum atomic E-state index is 5.57. The fourth-order valence-corrected chi connectivity index (χ4v) is 4.41. The normalized spacial score (nSPS) is 21.8. The molecule has 2 heterocycles. The SMILES string of the molecule is COc1c(CNCC2(N3CCOCC3)CCCCC2)c(C)nn1C. The highest BCUT2D eigenvalue weighted by Crippen LogP contribution is 2.34. The van der Waals surface area contributed by atoms with Crippen molar-refractivity contribution in [2.24, 2.45) is 7.05 Å². The van der Waals surface area contributed by atoms with Gasteiger partial charge in [0.1, 0.15) is 0 Å². The third-order valence-electron chi connectivity index (χ3n) is 5.70. The first-order valence-corrected chi connectivity index (χ1v) is 9.26. The number of methoxy groups -OCH3 is 1. The second-order valence-electron chi connectivity index (χ2n) is 7.18. The minimum Gasteiger partial charge on any atom is -0.481 e. The van der Waals surface area contributed by atoms with Gasteiger partial charge in [0.15, 0.2) is 0 Å². The molecule has 0 spiro atoms. The molecule has 0 radical (unpaired) electrons. The Balaban J connectivity index is 1.66. The van der Waals surface area contributed by atoms with Crippen LogP contribution in [0.2, 0.25) is 0 Å². The molecule has 6 nitrogen and oxygen atoms in total. The summed E-state index contributed by atoms with van der Waals surface area (Å²) in [5.41, 5.74) is 2.52. The molecule has 1 saturated heterocycles. The van der Waals surface area contributed by atoms with Crippen LogP contribution in [0.5, 0.6) is 5.88 Å². The van der Waals surface area contributed by atoms with E-state index in [9.17, 15) is 0 Å². The Morgan fingerprint density at radius 1 is 1.21 bits per heavy atom. The summed E-state index contributed by atoms with van der Waals surface area (Å²) in [6.07, 6.45) is 6.65. The van der Waals surface area contributed by atoms with Gasteiger partial charge in [-0.05, 0) is 19.8 Å². The molecule has 3 rings (SSSR count). The van der Waals surface area contributed by atoms with Crippen LogP contribution in [0.25, 0.3) is 0 Å². The summed E-state index contributed by atoms with van der Waals surface area (Å²) < 4.78 is 12.9. The maximum Gasteiger partial charge on any atom is 0.216 e. The molecule has 1 N–H and O–H groups in total. The van der Waals surface area contributed by atoms with E-state index in [-0.39, 0.29) is 0 Å². The number of nitrogens with zero attached hydrogens (tertiary/aromatic N) is 3. The highest BCUT2D eigenvalue weighted by Gasteiger charge is 2.38. The van der Waals surface area contributed by atoms with Crippen LogP contribution in [0.3, 0.4) is 0 Å². The molecule has 1 aliphatic carbocycles. The first kappa shape index (κ1) is 17.7. The molecule has 24 heavy (non-hydrogen) atoms. The zero-order chi connectivity index (χ0) is 17.0. The van der Waals surface area contributed by atoms with Crippen molar-refractivity contribution >= 4 is 0 Å². The predicted molar refractivity (Wildman–Crippen MR) is 94.4 cm³/mol. The van der Waals surface area contributed by atoms with Gasteiger partial charge >= 0.3 is 0 Å². The van der Waals surface area contributed by atoms with Crippen molar-refractivity contribution < 1.29 is 9.47 Å². The first-order valence-electron chi connectivity index (χ1n) is 9.26. The minimum absolute atomic E-state index is 0.297. The molecule has 1 aromatic heterocycles. The Bertz CT molecular complexity index is 531. The average molecular weight is 336 g/mol. The molecular weight excluding hydrogens is 304 g/mol. The van der Waals surface area contributed by atoms with E-state index in [4.69, 9.17) is 9.47 Å². The van der Waals surface area contributed by atoms with E-state index in [1.54, 1.807) is 7.11 Å². The number of hydrogen-bond acceptors (Lipinski definition) is 5. The molecular formula is C18H32N4O2. The molecule has 2 fully saturated rings. The van der Waals surface area contributed by atoms with Crippen molar-refractivity contribution in [3.05, 3.63) is 11.3 Å².